The van der Waals surface area contributed by atoms with Crippen LogP contribution in [-0.4, -0.2) is 32.6 Å². The fraction of sp³-hybridized carbons (Fsp3) is 0.727. The zero-order valence-electron chi connectivity index (χ0n) is 10.4. The first-order valence-electron chi connectivity index (χ1n) is 5.96. The molecule has 0 radical (unpaired) electrons. The van der Waals surface area contributed by atoms with Crippen LogP contribution in [0.4, 0.5) is 0 Å². The van der Waals surface area contributed by atoms with E-state index in [0.717, 1.165) is 25.0 Å². The minimum absolute atomic E-state index is 0.115. The molecule has 1 aromatic rings. The van der Waals surface area contributed by atoms with Crippen molar-refractivity contribution in [2.45, 2.75) is 45.6 Å². The number of rotatable bonds is 7. The lowest BCUT2D eigenvalue weighted by Gasteiger charge is -2.14. The molecule has 1 aromatic heterocycles. The Bertz CT molecular complexity index is 376. The number of primary amides is 1. The van der Waals surface area contributed by atoms with Crippen LogP contribution >= 0.6 is 0 Å². The lowest BCUT2D eigenvalue weighted by atomic mass is 10.1. The largest absolute Gasteiger partial charge is 0.396 e. The van der Waals surface area contributed by atoms with Crippen molar-refractivity contribution in [3.05, 3.63) is 11.4 Å². The fourth-order valence-corrected chi connectivity index (χ4v) is 1.84. The van der Waals surface area contributed by atoms with Crippen molar-refractivity contribution in [2.75, 3.05) is 6.61 Å². The summed E-state index contributed by atoms with van der Waals surface area (Å²) >= 11 is 0. The molecule has 0 aliphatic carbocycles. The predicted molar refractivity (Wildman–Crippen MR) is 63.6 cm³/mol. The predicted octanol–water partition coefficient (Wildman–Crippen LogP) is 0.663. The molecule has 0 saturated carbocycles. The number of carbonyl (C=O) groups excluding carboxylic acids is 1. The van der Waals surface area contributed by atoms with Gasteiger partial charge in [-0.05, 0) is 26.2 Å². The van der Waals surface area contributed by atoms with Crippen LogP contribution in [-0.2, 0) is 6.42 Å². The Morgan fingerprint density at radius 2 is 2.29 bits per heavy atom. The highest BCUT2D eigenvalue weighted by molar-refractivity contribution is 5.91. The quantitative estimate of drug-likeness (QED) is 0.732. The molecule has 96 valence electrons. The number of aromatic nitrogens is 3. The van der Waals surface area contributed by atoms with Crippen LogP contribution in [0.3, 0.4) is 0 Å². The van der Waals surface area contributed by atoms with Gasteiger partial charge in [0.1, 0.15) is 0 Å². The summed E-state index contributed by atoms with van der Waals surface area (Å²) < 4.78 is 1.75. The van der Waals surface area contributed by atoms with Crippen molar-refractivity contribution >= 4 is 5.91 Å². The molecule has 0 saturated heterocycles. The Labute approximate surface area is 101 Å². The number of hydrogen-bond acceptors (Lipinski definition) is 4. The van der Waals surface area contributed by atoms with Crippen molar-refractivity contribution in [3.8, 4) is 0 Å². The third kappa shape index (κ3) is 3.26. The highest BCUT2D eigenvalue weighted by Gasteiger charge is 2.19. The van der Waals surface area contributed by atoms with E-state index in [-0.39, 0.29) is 18.3 Å². The van der Waals surface area contributed by atoms with Crippen molar-refractivity contribution < 1.29 is 9.90 Å². The Kier molecular flexibility index (Phi) is 5.09. The second kappa shape index (κ2) is 6.34. The Morgan fingerprint density at radius 3 is 2.82 bits per heavy atom. The summed E-state index contributed by atoms with van der Waals surface area (Å²) in [6.07, 6.45) is 3.14. The molecule has 17 heavy (non-hydrogen) atoms. The minimum Gasteiger partial charge on any atom is -0.396 e. The van der Waals surface area contributed by atoms with Crippen LogP contribution in [0.15, 0.2) is 0 Å². The van der Waals surface area contributed by atoms with Gasteiger partial charge in [0.25, 0.3) is 5.91 Å². The molecule has 1 heterocycles. The third-order valence-electron chi connectivity index (χ3n) is 2.71. The highest BCUT2D eigenvalue weighted by Crippen LogP contribution is 2.17. The molecular formula is C11H20N4O2. The monoisotopic (exact) mass is 240 g/mol. The van der Waals surface area contributed by atoms with Gasteiger partial charge in [0.05, 0.1) is 11.7 Å². The number of nitrogens with zero attached hydrogens (tertiary/aromatic N) is 3. The van der Waals surface area contributed by atoms with E-state index in [2.05, 4.69) is 10.3 Å². The summed E-state index contributed by atoms with van der Waals surface area (Å²) in [4.78, 5) is 11.2. The molecule has 0 bridgehead atoms. The molecule has 1 amide bonds. The lowest BCUT2D eigenvalue weighted by Crippen LogP contribution is -2.17. The number of aliphatic hydroxyl groups is 1. The van der Waals surface area contributed by atoms with Gasteiger partial charge in [-0.1, -0.05) is 18.6 Å². The summed E-state index contributed by atoms with van der Waals surface area (Å²) in [6, 6.07) is 0.115. The van der Waals surface area contributed by atoms with Crippen LogP contribution in [0.5, 0.6) is 0 Å². The van der Waals surface area contributed by atoms with Gasteiger partial charge in [-0.25, -0.2) is 4.68 Å². The van der Waals surface area contributed by atoms with Gasteiger partial charge in [0.2, 0.25) is 0 Å². The Hall–Kier alpha value is -1.43. The maximum absolute atomic E-state index is 11.2. The molecular weight excluding hydrogens is 220 g/mol. The lowest BCUT2D eigenvalue weighted by molar-refractivity contribution is 0.0994. The number of carbonyl (C=O) groups is 1. The molecule has 0 aromatic carbocycles. The normalized spacial score (nSPS) is 12.6. The number of amides is 1. The first-order valence-corrected chi connectivity index (χ1v) is 5.96. The summed E-state index contributed by atoms with van der Waals surface area (Å²) in [7, 11) is 0. The van der Waals surface area contributed by atoms with E-state index in [9.17, 15) is 4.79 Å². The van der Waals surface area contributed by atoms with E-state index in [1.165, 1.54) is 0 Å². The summed E-state index contributed by atoms with van der Waals surface area (Å²) in [6.45, 7) is 4.18. The number of nitrogens with two attached hydrogens (primary N) is 1. The van der Waals surface area contributed by atoms with Crippen LogP contribution < -0.4 is 5.73 Å². The maximum atomic E-state index is 11.2. The molecule has 6 heteroatoms. The molecule has 1 atom stereocenters. The van der Waals surface area contributed by atoms with Crippen LogP contribution in [0.25, 0.3) is 0 Å². The summed E-state index contributed by atoms with van der Waals surface area (Å²) in [5.74, 6) is -0.533. The van der Waals surface area contributed by atoms with Crippen molar-refractivity contribution in [1.82, 2.24) is 15.0 Å². The van der Waals surface area contributed by atoms with Gasteiger partial charge < -0.3 is 10.8 Å². The van der Waals surface area contributed by atoms with E-state index in [1.807, 2.05) is 13.8 Å². The standard InChI is InChI=1S/C11H20N4O2/c1-3-5-9-10(11(12)17)13-14-15(9)8(2)6-4-7-16/h8,16H,3-7H2,1-2H3,(H2,12,17). The second-order valence-corrected chi connectivity index (χ2v) is 4.16. The number of aliphatic hydroxyl groups excluding tert-OH is 1. The molecule has 0 aliphatic heterocycles. The van der Waals surface area contributed by atoms with E-state index < -0.39 is 5.91 Å². The molecule has 1 unspecified atom stereocenters. The molecule has 0 fully saturated rings. The van der Waals surface area contributed by atoms with E-state index in [0.29, 0.717) is 6.42 Å². The third-order valence-corrected chi connectivity index (χ3v) is 2.71. The maximum Gasteiger partial charge on any atom is 0.271 e. The van der Waals surface area contributed by atoms with E-state index in [4.69, 9.17) is 10.8 Å². The second-order valence-electron chi connectivity index (χ2n) is 4.16. The molecule has 0 spiro atoms. The fourth-order valence-electron chi connectivity index (χ4n) is 1.84. The van der Waals surface area contributed by atoms with Gasteiger partial charge in [-0.2, -0.15) is 0 Å². The summed E-state index contributed by atoms with van der Waals surface area (Å²) in [5.41, 5.74) is 6.33. The van der Waals surface area contributed by atoms with Crippen molar-refractivity contribution in [3.63, 3.8) is 0 Å². The van der Waals surface area contributed by atoms with Crippen LogP contribution in [0.2, 0.25) is 0 Å². The van der Waals surface area contributed by atoms with Gasteiger partial charge in [-0.15, -0.1) is 5.10 Å². The zero-order valence-corrected chi connectivity index (χ0v) is 10.4. The average Bonchev–Trinajstić information content (AvgIpc) is 2.70. The highest BCUT2D eigenvalue weighted by atomic mass is 16.2. The van der Waals surface area contributed by atoms with Crippen LogP contribution in [0, 0.1) is 0 Å². The Balaban J connectivity index is 2.94. The van der Waals surface area contributed by atoms with E-state index >= 15 is 0 Å². The first-order chi connectivity index (χ1) is 8.11. The Morgan fingerprint density at radius 1 is 1.59 bits per heavy atom. The van der Waals surface area contributed by atoms with E-state index in [1.54, 1.807) is 4.68 Å². The minimum atomic E-state index is -0.533. The molecule has 1 rings (SSSR count). The van der Waals surface area contributed by atoms with Gasteiger partial charge >= 0.3 is 0 Å². The van der Waals surface area contributed by atoms with Gasteiger partial charge in [0.15, 0.2) is 5.69 Å². The average molecular weight is 240 g/mol. The zero-order chi connectivity index (χ0) is 12.8. The topological polar surface area (TPSA) is 94.0 Å². The SMILES string of the molecule is CCCc1c(C(N)=O)nnn1C(C)CCCO. The molecule has 6 nitrogen and oxygen atoms in total. The smallest absolute Gasteiger partial charge is 0.271 e. The van der Waals surface area contributed by atoms with Crippen LogP contribution in [0.1, 0.15) is 55.3 Å². The van der Waals surface area contributed by atoms with Gasteiger partial charge in [-0.3, -0.25) is 4.79 Å². The molecule has 0 aliphatic rings. The molecule has 3 N–H and O–H groups in total. The van der Waals surface area contributed by atoms with Crippen molar-refractivity contribution in [2.24, 2.45) is 5.73 Å². The van der Waals surface area contributed by atoms with Gasteiger partial charge in [0, 0.05) is 6.61 Å². The van der Waals surface area contributed by atoms with Crippen molar-refractivity contribution in [1.29, 1.82) is 0 Å². The summed E-state index contributed by atoms with van der Waals surface area (Å²) in [5, 5.41) is 16.6. The number of hydrogen-bond donors (Lipinski definition) is 2. The first kappa shape index (κ1) is 13.6.